The van der Waals surface area contributed by atoms with E-state index in [2.05, 4.69) is 72.6 Å². The Labute approximate surface area is 186 Å². The highest BCUT2D eigenvalue weighted by atomic mass is 16.1. The Morgan fingerprint density at radius 1 is 0.871 bits per heavy atom. The fourth-order valence-electron chi connectivity index (χ4n) is 4.29. The number of hydrogen-bond acceptors (Lipinski definition) is 2. The Balaban J connectivity index is 1.27. The monoisotopic (exact) mass is 412 g/mol. The molecule has 3 heteroatoms. The van der Waals surface area contributed by atoms with E-state index in [1.807, 2.05) is 24.3 Å². The van der Waals surface area contributed by atoms with Gasteiger partial charge < -0.3 is 5.32 Å². The van der Waals surface area contributed by atoms with Crippen LogP contribution in [0.5, 0.6) is 0 Å². The van der Waals surface area contributed by atoms with Crippen molar-refractivity contribution in [2.75, 3.05) is 19.6 Å². The van der Waals surface area contributed by atoms with Crippen LogP contribution in [-0.4, -0.2) is 30.4 Å². The lowest BCUT2D eigenvalue weighted by atomic mass is 10.0. The van der Waals surface area contributed by atoms with Gasteiger partial charge in [-0.25, -0.2) is 0 Å². The Bertz CT molecular complexity index is 985. The van der Waals surface area contributed by atoms with Crippen LogP contribution in [0.25, 0.3) is 11.1 Å². The second-order valence-corrected chi connectivity index (χ2v) is 8.61. The molecular weight excluding hydrogens is 380 g/mol. The van der Waals surface area contributed by atoms with E-state index < -0.39 is 0 Å². The molecule has 0 radical (unpaired) electrons. The quantitative estimate of drug-likeness (QED) is 0.533. The summed E-state index contributed by atoms with van der Waals surface area (Å²) in [6, 6.07) is 25.6. The third-order valence-electron chi connectivity index (χ3n) is 6.38. The topological polar surface area (TPSA) is 32.3 Å². The van der Waals surface area contributed by atoms with Crippen LogP contribution < -0.4 is 5.32 Å². The molecule has 0 bridgehead atoms. The molecule has 4 rings (SSSR count). The Morgan fingerprint density at radius 3 is 2.06 bits per heavy atom. The van der Waals surface area contributed by atoms with Gasteiger partial charge in [-0.2, -0.15) is 0 Å². The van der Waals surface area contributed by atoms with Crippen molar-refractivity contribution in [2.24, 2.45) is 0 Å². The Kier molecular flexibility index (Phi) is 6.83. The summed E-state index contributed by atoms with van der Waals surface area (Å²) in [5.74, 6) is -0.0188. The minimum Gasteiger partial charge on any atom is -0.352 e. The Hall–Kier alpha value is -2.91. The lowest BCUT2D eigenvalue weighted by molar-refractivity contribution is 0.0954. The lowest BCUT2D eigenvalue weighted by Gasteiger charge is -2.24. The molecule has 1 aliphatic heterocycles. The van der Waals surface area contributed by atoms with Crippen molar-refractivity contribution in [1.29, 1.82) is 0 Å². The fraction of sp³-hybridized carbons (Fsp3) is 0.321. The van der Waals surface area contributed by atoms with Crippen LogP contribution in [0.15, 0.2) is 72.8 Å². The first-order chi connectivity index (χ1) is 15.1. The van der Waals surface area contributed by atoms with Crippen molar-refractivity contribution >= 4 is 5.91 Å². The predicted octanol–water partition coefficient (Wildman–Crippen LogP) is 5.79. The van der Waals surface area contributed by atoms with E-state index in [4.69, 9.17) is 0 Å². The van der Waals surface area contributed by atoms with E-state index in [1.165, 1.54) is 48.2 Å². The lowest BCUT2D eigenvalue weighted by Crippen LogP contribution is -2.25. The zero-order chi connectivity index (χ0) is 21.6. The largest absolute Gasteiger partial charge is 0.352 e. The first kappa shape index (κ1) is 21.3. The van der Waals surface area contributed by atoms with Gasteiger partial charge in [0, 0.05) is 18.2 Å². The number of benzene rings is 3. The van der Waals surface area contributed by atoms with Gasteiger partial charge in [0.05, 0.1) is 0 Å². The number of rotatable bonds is 7. The van der Waals surface area contributed by atoms with Crippen LogP contribution in [0, 0.1) is 6.92 Å². The van der Waals surface area contributed by atoms with Gasteiger partial charge in [-0.1, -0.05) is 66.2 Å². The molecule has 1 fully saturated rings. The van der Waals surface area contributed by atoms with E-state index in [0.717, 1.165) is 12.0 Å². The molecule has 1 atom stereocenters. The van der Waals surface area contributed by atoms with Gasteiger partial charge in [-0.05, 0) is 80.6 Å². The normalized spacial score (nSPS) is 15.0. The van der Waals surface area contributed by atoms with Gasteiger partial charge in [0.15, 0.2) is 0 Å². The maximum absolute atomic E-state index is 12.5. The Morgan fingerprint density at radius 2 is 1.45 bits per heavy atom. The third-order valence-corrected chi connectivity index (χ3v) is 6.38. The second kappa shape index (κ2) is 9.93. The molecule has 160 valence electrons. The van der Waals surface area contributed by atoms with Gasteiger partial charge >= 0.3 is 0 Å². The molecule has 1 saturated heterocycles. The SMILES string of the molecule is Cc1ccc(-c2ccc(C(=O)NCCc3ccc(C(C)N4CCCC4)cc3)cc2)cc1. The summed E-state index contributed by atoms with van der Waals surface area (Å²) < 4.78 is 0. The zero-order valence-corrected chi connectivity index (χ0v) is 18.6. The van der Waals surface area contributed by atoms with Gasteiger partial charge in [0.2, 0.25) is 0 Å². The third kappa shape index (κ3) is 5.42. The van der Waals surface area contributed by atoms with Crippen molar-refractivity contribution < 1.29 is 4.79 Å². The van der Waals surface area contributed by atoms with Crippen LogP contribution in [0.1, 0.15) is 52.9 Å². The molecule has 31 heavy (non-hydrogen) atoms. The predicted molar refractivity (Wildman–Crippen MR) is 128 cm³/mol. The van der Waals surface area contributed by atoms with Gasteiger partial charge in [-0.3, -0.25) is 9.69 Å². The average molecular weight is 413 g/mol. The van der Waals surface area contributed by atoms with Gasteiger partial charge in [-0.15, -0.1) is 0 Å². The molecule has 1 N–H and O–H groups in total. The van der Waals surface area contributed by atoms with Gasteiger partial charge in [0.25, 0.3) is 5.91 Å². The molecule has 0 spiro atoms. The molecule has 1 heterocycles. The van der Waals surface area contributed by atoms with Crippen LogP contribution in [0.2, 0.25) is 0 Å². The molecule has 0 aromatic heterocycles. The van der Waals surface area contributed by atoms with Crippen molar-refractivity contribution in [1.82, 2.24) is 10.2 Å². The summed E-state index contributed by atoms with van der Waals surface area (Å²) in [4.78, 5) is 15.1. The summed E-state index contributed by atoms with van der Waals surface area (Å²) in [5.41, 5.74) is 6.87. The van der Waals surface area contributed by atoms with Crippen molar-refractivity contribution in [3.05, 3.63) is 95.1 Å². The highest BCUT2D eigenvalue weighted by Gasteiger charge is 2.19. The standard InChI is InChI=1S/C28H32N2O/c1-21-5-9-25(10-6-21)26-13-15-27(16-14-26)28(31)29-18-17-23-7-11-24(12-8-23)22(2)30-19-3-4-20-30/h5-16,22H,3-4,17-20H2,1-2H3,(H,29,31). The minimum absolute atomic E-state index is 0.0188. The second-order valence-electron chi connectivity index (χ2n) is 8.61. The summed E-state index contributed by atoms with van der Waals surface area (Å²) >= 11 is 0. The highest BCUT2D eigenvalue weighted by molar-refractivity contribution is 5.94. The fourth-order valence-corrected chi connectivity index (χ4v) is 4.29. The van der Waals surface area contributed by atoms with Crippen LogP contribution in [0.4, 0.5) is 0 Å². The van der Waals surface area contributed by atoms with Crippen molar-refractivity contribution in [3.8, 4) is 11.1 Å². The molecule has 0 saturated carbocycles. The summed E-state index contributed by atoms with van der Waals surface area (Å²) in [6.45, 7) is 7.44. The number of nitrogens with zero attached hydrogens (tertiary/aromatic N) is 1. The molecule has 3 aromatic rings. The van der Waals surface area contributed by atoms with E-state index in [-0.39, 0.29) is 5.91 Å². The number of aryl methyl sites for hydroxylation is 1. The number of carbonyl (C=O) groups excluding carboxylic acids is 1. The number of hydrogen-bond donors (Lipinski definition) is 1. The van der Waals surface area contributed by atoms with Crippen LogP contribution >= 0.6 is 0 Å². The maximum atomic E-state index is 12.5. The van der Waals surface area contributed by atoms with E-state index in [1.54, 1.807) is 0 Å². The van der Waals surface area contributed by atoms with E-state index >= 15 is 0 Å². The van der Waals surface area contributed by atoms with Crippen LogP contribution in [-0.2, 0) is 6.42 Å². The average Bonchev–Trinajstić information content (AvgIpc) is 3.35. The number of nitrogens with one attached hydrogen (secondary N) is 1. The van der Waals surface area contributed by atoms with Crippen molar-refractivity contribution in [3.63, 3.8) is 0 Å². The first-order valence-corrected chi connectivity index (χ1v) is 11.4. The number of amides is 1. The number of carbonyl (C=O) groups is 1. The van der Waals surface area contributed by atoms with E-state index in [9.17, 15) is 4.79 Å². The van der Waals surface area contributed by atoms with Crippen LogP contribution in [0.3, 0.4) is 0 Å². The molecule has 1 aliphatic rings. The summed E-state index contributed by atoms with van der Waals surface area (Å²) in [5, 5.41) is 3.05. The molecule has 0 aliphatic carbocycles. The van der Waals surface area contributed by atoms with Crippen molar-refractivity contribution in [2.45, 2.75) is 39.2 Å². The van der Waals surface area contributed by atoms with Gasteiger partial charge in [0.1, 0.15) is 0 Å². The summed E-state index contributed by atoms with van der Waals surface area (Å²) in [6.07, 6.45) is 3.47. The highest BCUT2D eigenvalue weighted by Crippen LogP contribution is 2.24. The van der Waals surface area contributed by atoms with E-state index in [0.29, 0.717) is 18.2 Å². The maximum Gasteiger partial charge on any atom is 0.251 e. The molecular formula is C28H32N2O. The minimum atomic E-state index is -0.0188. The molecule has 3 nitrogen and oxygen atoms in total. The first-order valence-electron chi connectivity index (χ1n) is 11.4. The molecule has 1 amide bonds. The zero-order valence-electron chi connectivity index (χ0n) is 18.6. The molecule has 3 aromatic carbocycles. The summed E-state index contributed by atoms with van der Waals surface area (Å²) in [7, 11) is 0. The number of likely N-dealkylation sites (tertiary alicyclic amines) is 1. The smallest absolute Gasteiger partial charge is 0.251 e. The molecule has 1 unspecified atom stereocenters.